The van der Waals surface area contributed by atoms with Gasteiger partial charge >= 0.3 is 0 Å². The minimum Gasteiger partial charge on any atom is -0.497 e. The van der Waals surface area contributed by atoms with Gasteiger partial charge in [-0.05, 0) is 36.2 Å². The van der Waals surface area contributed by atoms with E-state index in [0.717, 1.165) is 23.6 Å². The Morgan fingerprint density at radius 1 is 1.21 bits per heavy atom. The van der Waals surface area contributed by atoms with Crippen molar-refractivity contribution >= 4 is 11.3 Å². The van der Waals surface area contributed by atoms with E-state index in [1.54, 1.807) is 25.6 Å². The number of ether oxygens (including phenoxy) is 2. The molecule has 0 aliphatic rings. The quantitative estimate of drug-likeness (QED) is 0.877. The molecule has 1 aromatic carbocycles. The number of benzene rings is 1. The van der Waals surface area contributed by atoms with Crippen LogP contribution in [-0.4, -0.2) is 20.8 Å². The predicted molar refractivity (Wildman–Crippen MR) is 79.4 cm³/mol. The maximum absolute atomic E-state index is 5.48. The zero-order chi connectivity index (χ0) is 13.7. The standard InChI is InChI=1S/C15H19NO2S/c1-4-16-15(14-6-5-9-19-14)12-10-11(17-2)7-8-13(12)18-3/h5-10,15-16H,4H2,1-3H3. The van der Waals surface area contributed by atoms with Crippen LogP contribution < -0.4 is 14.8 Å². The first-order valence-corrected chi connectivity index (χ1v) is 7.16. The van der Waals surface area contributed by atoms with E-state index in [2.05, 4.69) is 29.8 Å². The second kappa shape index (κ2) is 6.59. The third-order valence-electron chi connectivity index (χ3n) is 2.98. The number of thiophene rings is 1. The average Bonchev–Trinajstić information content (AvgIpc) is 2.98. The Morgan fingerprint density at radius 2 is 2.05 bits per heavy atom. The van der Waals surface area contributed by atoms with Crippen LogP contribution >= 0.6 is 11.3 Å². The summed E-state index contributed by atoms with van der Waals surface area (Å²) in [6.07, 6.45) is 0. The predicted octanol–water partition coefficient (Wildman–Crippen LogP) is 3.46. The summed E-state index contributed by atoms with van der Waals surface area (Å²) < 4.78 is 10.8. The first-order valence-electron chi connectivity index (χ1n) is 6.28. The fourth-order valence-electron chi connectivity index (χ4n) is 2.09. The van der Waals surface area contributed by atoms with Gasteiger partial charge in [0.2, 0.25) is 0 Å². The smallest absolute Gasteiger partial charge is 0.124 e. The summed E-state index contributed by atoms with van der Waals surface area (Å²) in [5, 5.41) is 5.59. The SMILES string of the molecule is CCNC(c1cccs1)c1cc(OC)ccc1OC. The van der Waals surface area contributed by atoms with Crippen molar-refractivity contribution in [1.82, 2.24) is 5.32 Å². The molecular weight excluding hydrogens is 258 g/mol. The molecule has 0 saturated carbocycles. The molecule has 3 nitrogen and oxygen atoms in total. The highest BCUT2D eigenvalue weighted by molar-refractivity contribution is 7.10. The Hall–Kier alpha value is -1.52. The molecule has 0 radical (unpaired) electrons. The summed E-state index contributed by atoms with van der Waals surface area (Å²) in [4.78, 5) is 1.27. The summed E-state index contributed by atoms with van der Waals surface area (Å²) in [6, 6.07) is 10.2. The lowest BCUT2D eigenvalue weighted by molar-refractivity contribution is 0.394. The van der Waals surface area contributed by atoms with Gasteiger partial charge < -0.3 is 14.8 Å². The average molecular weight is 277 g/mol. The van der Waals surface area contributed by atoms with Crippen molar-refractivity contribution in [3.05, 3.63) is 46.2 Å². The van der Waals surface area contributed by atoms with Crippen molar-refractivity contribution in [1.29, 1.82) is 0 Å². The molecule has 2 rings (SSSR count). The first-order chi connectivity index (χ1) is 9.30. The van der Waals surface area contributed by atoms with Crippen LogP contribution in [0.5, 0.6) is 11.5 Å². The molecule has 1 N–H and O–H groups in total. The summed E-state index contributed by atoms with van der Waals surface area (Å²) in [7, 11) is 3.38. The number of hydrogen-bond donors (Lipinski definition) is 1. The fourth-order valence-corrected chi connectivity index (χ4v) is 2.91. The summed E-state index contributed by atoms with van der Waals surface area (Å²) >= 11 is 1.74. The molecule has 0 bridgehead atoms. The maximum atomic E-state index is 5.48. The van der Waals surface area contributed by atoms with Gasteiger partial charge in [0.05, 0.1) is 20.3 Å². The van der Waals surface area contributed by atoms with Gasteiger partial charge in [0.1, 0.15) is 11.5 Å². The van der Waals surface area contributed by atoms with Gasteiger partial charge in [-0.15, -0.1) is 11.3 Å². The second-order valence-electron chi connectivity index (χ2n) is 4.11. The molecule has 0 aliphatic heterocycles. The van der Waals surface area contributed by atoms with Gasteiger partial charge in [-0.25, -0.2) is 0 Å². The molecule has 1 unspecified atom stereocenters. The van der Waals surface area contributed by atoms with Crippen molar-refractivity contribution < 1.29 is 9.47 Å². The van der Waals surface area contributed by atoms with Crippen molar-refractivity contribution in [3.8, 4) is 11.5 Å². The van der Waals surface area contributed by atoms with Gasteiger partial charge in [-0.2, -0.15) is 0 Å². The number of nitrogens with one attached hydrogen (secondary N) is 1. The Balaban J connectivity index is 2.45. The fraction of sp³-hybridized carbons (Fsp3) is 0.333. The highest BCUT2D eigenvalue weighted by atomic mass is 32.1. The summed E-state index contributed by atoms with van der Waals surface area (Å²) in [6.45, 7) is 3.00. The van der Waals surface area contributed by atoms with Crippen molar-refractivity contribution in [2.45, 2.75) is 13.0 Å². The highest BCUT2D eigenvalue weighted by Gasteiger charge is 2.19. The van der Waals surface area contributed by atoms with E-state index in [4.69, 9.17) is 9.47 Å². The van der Waals surface area contributed by atoms with Crippen molar-refractivity contribution in [3.63, 3.8) is 0 Å². The largest absolute Gasteiger partial charge is 0.497 e. The minimum atomic E-state index is 0.134. The number of methoxy groups -OCH3 is 2. The van der Waals surface area contributed by atoms with Gasteiger partial charge in [0.25, 0.3) is 0 Å². The molecule has 2 aromatic rings. The van der Waals surface area contributed by atoms with Crippen LogP contribution in [0, 0.1) is 0 Å². The summed E-state index contributed by atoms with van der Waals surface area (Å²) in [5.74, 6) is 1.72. The molecule has 0 amide bonds. The van der Waals surface area contributed by atoms with Crippen LogP contribution in [0.1, 0.15) is 23.4 Å². The Labute approximate surface area is 118 Å². The lowest BCUT2D eigenvalue weighted by Crippen LogP contribution is -2.21. The van der Waals surface area contributed by atoms with E-state index in [9.17, 15) is 0 Å². The molecule has 0 fully saturated rings. The van der Waals surface area contributed by atoms with E-state index in [0.29, 0.717) is 0 Å². The van der Waals surface area contributed by atoms with Crippen LogP contribution in [-0.2, 0) is 0 Å². The molecule has 0 saturated heterocycles. The summed E-state index contributed by atoms with van der Waals surface area (Å²) in [5.41, 5.74) is 1.10. The Bertz CT molecular complexity index is 511. The minimum absolute atomic E-state index is 0.134. The van der Waals surface area contributed by atoms with Gasteiger partial charge in [-0.1, -0.05) is 13.0 Å². The lowest BCUT2D eigenvalue weighted by Gasteiger charge is -2.20. The third kappa shape index (κ3) is 3.08. The van der Waals surface area contributed by atoms with Gasteiger partial charge in [0.15, 0.2) is 0 Å². The lowest BCUT2D eigenvalue weighted by atomic mass is 10.0. The van der Waals surface area contributed by atoms with Crippen LogP contribution in [0.2, 0.25) is 0 Å². The van der Waals surface area contributed by atoms with E-state index < -0.39 is 0 Å². The van der Waals surface area contributed by atoms with Crippen molar-refractivity contribution in [2.24, 2.45) is 0 Å². The van der Waals surface area contributed by atoms with E-state index in [1.165, 1.54) is 4.88 Å². The molecule has 1 aromatic heterocycles. The van der Waals surface area contributed by atoms with Gasteiger partial charge in [0, 0.05) is 10.4 Å². The molecule has 1 atom stereocenters. The number of hydrogen-bond acceptors (Lipinski definition) is 4. The Kier molecular flexibility index (Phi) is 4.82. The van der Waals surface area contributed by atoms with E-state index in [-0.39, 0.29) is 6.04 Å². The highest BCUT2D eigenvalue weighted by Crippen LogP contribution is 2.34. The molecule has 102 valence electrons. The zero-order valence-electron chi connectivity index (χ0n) is 11.5. The maximum Gasteiger partial charge on any atom is 0.124 e. The zero-order valence-corrected chi connectivity index (χ0v) is 12.3. The third-order valence-corrected chi connectivity index (χ3v) is 3.92. The monoisotopic (exact) mass is 277 g/mol. The van der Waals surface area contributed by atoms with Crippen LogP contribution in [0.25, 0.3) is 0 Å². The van der Waals surface area contributed by atoms with Crippen LogP contribution in [0.15, 0.2) is 35.7 Å². The molecule has 0 aliphatic carbocycles. The molecule has 19 heavy (non-hydrogen) atoms. The molecule has 4 heteroatoms. The number of rotatable bonds is 6. The van der Waals surface area contributed by atoms with Crippen LogP contribution in [0.4, 0.5) is 0 Å². The second-order valence-corrected chi connectivity index (χ2v) is 5.09. The van der Waals surface area contributed by atoms with E-state index in [1.807, 2.05) is 18.2 Å². The van der Waals surface area contributed by atoms with Gasteiger partial charge in [-0.3, -0.25) is 0 Å². The normalized spacial score (nSPS) is 12.2. The van der Waals surface area contributed by atoms with Crippen molar-refractivity contribution in [2.75, 3.05) is 20.8 Å². The van der Waals surface area contributed by atoms with E-state index >= 15 is 0 Å². The first kappa shape index (κ1) is 13.9. The molecular formula is C15H19NO2S. The molecule has 0 spiro atoms. The Morgan fingerprint density at radius 3 is 2.63 bits per heavy atom. The van der Waals surface area contributed by atoms with Crippen LogP contribution in [0.3, 0.4) is 0 Å². The topological polar surface area (TPSA) is 30.5 Å². The molecule has 1 heterocycles.